The molecule has 2 aromatic heterocycles. The number of pyridine rings is 1. The first-order valence-corrected chi connectivity index (χ1v) is 9.24. The van der Waals surface area contributed by atoms with Crippen LogP contribution in [0.25, 0.3) is 22.3 Å². The summed E-state index contributed by atoms with van der Waals surface area (Å²) in [6, 6.07) is 17.2. The number of aromatic nitrogens is 3. The predicted molar refractivity (Wildman–Crippen MR) is 112 cm³/mol. The fraction of sp³-hybridized carbons (Fsp3) is 0.0909. The minimum atomic E-state index is -0.627. The number of phenolic OH excluding ortho intramolecular Hbond substituents is 1. The van der Waals surface area contributed by atoms with Gasteiger partial charge in [-0.1, -0.05) is 42.5 Å². The molecule has 2 aromatic carbocycles. The van der Waals surface area contributed by atoms with Gasteiger partial charge >= 0.3 is 0 Å². The van der Waals surface area contributed by atoms with Crippen molar-refractivity contribution in [3.8, 4) is 17.0 Å². The molecule has 0 aliphatic heterocycles. The lowest BCUT2D eigenvalue weighted by atomic mass is 10.1. The molecule has 4 aromatic rings. The molecule has 0 aliphatic carbocycles. The van der Waals surface area contributed by atoms with Crippen molar-refractivity contribution in [2.45, 2.75) is 6.92 Å². The number of nitrogens with one attached hydrogen (secondary N) is 2. The number of nitrogens with zero attached hydrogens (tertiary/aromatic N) is 3. The molecule has 0 saturated carbocycles. The normalized spacial score (nSPS) is 10.7. The van der Waals surface area contributed by atoms with E-state index >= 15 is 0 Å². The van der Waals surface area contributed by atoms with Gasteiger partial charge in [-0.15, -0.1) is 0 Å². The third kappa shape index (κ3) is 3.46. The molecular weight excluding hydrogens is 382 g/mol. The van der Waals surface area contributed by atoms with Crippen molar-refractivity contribution < 1.29 is 14.7 Å². The number of amides is 2. The van der Waals surface area contributed by atoms with Gasteiger partial charge < -0.3 is 5.11 Å². The maximum absolute atomic E-state index is 13.0. The average molecular weight is 401 g/mol. The van der Waals surface area contributed by atoms with Crippen LogP contribution >= 0.6 is 0 Å². The SMILES string of the molecule is Cc1nn(C)c2nc(-c3ccccc3)cc(C(=O)NNC(=O)c3ccccc3O)c12. The molecule has 0 spiro atoms. The van der Waals surface area contributed by atoms with Gasteiger partial charge in [0.15, 0.2) is 5.65 Å². The molecule has 0 atom stereocenters. The first-order valence-electron chi connectivity index (χ1n) is 9.24. The first kappa shape index (κ1) is 19.1. The monoisotopic (exact) mass is 401 g/mol. The number of carbonyl (C=O) groups excluding carboxylic acids is 2. The predicted octanol–water partition coefficient (Wildman–Crippen LogP) is 2.72. The van der Waals surface area contributed by atoms with E-state index in [4.69, 9.17) is 0 Å². The minimum absolute atomic E-state index is 0.0557. The van der Waals surface area contributed by atoms with Crippen LogP contribution in [0.3, 0.4) is 0 Å². The molecule has 0 unspecified atom stereocenters. The second kappa shape index (κ2) is 7.67. The van der Waals surface area contributed by atoms with Crippen molar-refractivity contribution in [1.82, 2.24) is 25.6 Å². The van der Waals surface area contributed by atoms with Crippen LogP contribution in [0.15, 0.2) is 60.7 Å². The van der Waals surface area contributed by atoms with E-state index in [2.05, 4.69) is 20.9 Å². The molecular formula is C22H19N5O3. The fourth-order valence-corrected chi connectivity index (χ4v) is 3.29. The zero-order valence-electron chi connectivity index (χ0n) is 16.4. The molecule has 3 N–H and O–H groups in total. The number of rotatable bonds is 3. The topological polar surface area (TPSA) is 109 Å². The van der Waals surface area contributed by atoms with Crippen LogP contribution in [0.1, 0.15) is 26.4 Å². The van der Waals surface area contributed by atoms with Crippen molar-refractivity contribution in [1.29, 1.82) is 0 Å². The van der Waals surface area contributed by atoms with Crippen LogP contribution < -0.4 is 10.9 Å². The molecule has 2 heterocycles. The van der Waals surface area contributed by atoms with Crippen LogP contribution in [0.2, 0.25) is 0 Å². The molecule has 2 amide bonds. The lowest BCUT2D eigenvalue weighted by molar-refractivity contribution is 0.0846. The maximum atomic E-state index is 13.0. The van der Waals surface area contributed by atoms with Crippen LogP contribution in [-0.2, 0) is 7.05 Å². The Hall–Kier alpha value is -4.20. The summed E-state index contributed by atoms with van der Waals surface area (Å²) in [4.78, 5) is 29.9. The highest BCUT2D eigenvalue weighted by Crippen LogP contribution is 2.26. The van der Waals surface area contributed by atoms with Gasteiger partial charge in [0, 0.05) is 12.6 Å². The molecule has 0 radical (unpaired) electrons. The van der Waals surface area contributed by atoms with Crippen molar-refractivity contribution in [2.24, 2.45) is 7.05 Å². The first-order chi connectivity index (χ1) is 14.5. The van der Waals surface area contributed by atoms with Crippen molar-refractivity contribution >= 4 is 22.8 Å². The lowest BCUT2D eigenvalue weighted by Crippen LogP contribution is -2.41. The van der Waals surface area contributed by atoms with Crippen LogP contribution in [0.4, 0.5) is 0 Å². The molecule has 0 fully saturated rings. The summed E-state index contributed by atoms with van der Waals surface area (Å²) in [5.74, 6) is -1.32. The summed E-state index contributed by atoms with van der Waals surface area (Å²) in [5, 5.41) is 14.8. The Balaban J connectivity index is 1.69. The van der Waals surface area contributed by atoms with E-state index in [1.807, 2.05) is 30.3 Å². The Labute approximate surface area is 172 Å². The summed E-state index contributed by atoms with van der Waals surface area (Å²) in [6.07, 6.45) is 0. The number of fused-ring (bicyclic) bond motifs is 1. The number of para-hydroxylation sites is 1. The highest BCUT2D eigenvalue weighted by atomic mass is 16.3. The average Bonchev–Trinajstić information content (AvgIpc) is 3.05. The summed E-state index contributed by atoms with van der Waals surface area (Å²) < 4.78 is 1.62. The molecule has 8 heteroatoms. The molecule has 30 heavy (non-hydrogen) atoms. The highest BCUT2D eigenvalue weighted by molar-refractivity contribution is 6.08. The van der Waals surface area contributed by atoms with E-state index in [0.29, 0.717) is 28.0 Å². The molecule has 8 nitrogen and oxygen atoms in total. The number of benzene rings is 2. The zero-order valence-corrected chi connectivity index (χ0v) is 16.4. The van der Waals surface area contributed by atoms with Crippen LogP contribution in [0, 0.1) is 6.92 Å². The molecule has 0 saturated heterocycles. The van der Waals surface area contributed by atoms with Gasteiger partial charge in [0.25, 0.3) is 11.8 Å². The Bertz CT molecular complexity index is 1260. The Morgan fingerprint density at radius 2 is 1.57 bits per heavy atom. The van der Waals surface area contributed by atoms with Crippen molar-refractivity contribution in [3.05, 3.63) is 77.5 Å². The minimum Gasteiger partial charge on any atom is -0.507 e. The van der Waals surface area contributed by atoms with E-state index in [1.165, 1.54) is 12.1 Å². The number of hydrogen-bond donors (Lipinski definition) is 3. The van der Waals surface area contributed by atoms with Gasteiger partial charge in [-0.3, -0.25) is 25.1 Å². The van der Waals surface area contributed by atoms with Gasteiger partial charge in [-0.05, 0) is 25.1 Å². The summed E-state index contributed by atoms with van der Waals surface area (Å²) in [6.45, 7) is 1.80. The maximum Gasteiger partial charge on any atom is 0.273 e. The molecule has 0 aliphatic rings. The lowest BCUT2D eigenvalue weighted by Gasteiger charge is -2.11. The third-order valence-electron chi connectivity index (χ3n) is 4.72. The van der Waals surface area contributed by atoms with Crippen LogP contribution in [0.5, 0.6) is 5.75 Å². The van der Waals surface area contributed by atoms with Gasteiger partial charge in [-0.25, -0.2) is 4.98 Å². The van der Waals surface area contributed by atoms with Gasteiger partial charge in [0.1, 0.15) is 5.75 Å². The molecule has 150 valence electrons. The quantitative estimate of drug-likeness (QED) is 0.458. The Morgan fingerprint density at radius 1 is 0.933 bits per heavy atom. The second-order valence-corrected chi connectivity index (χ2v) is 6.75. The molecule has 4 rings (SSSR count). The second-order valence-electron chi connectivity index (χ2n) is 6.75. The van der Waals surface area contributed by atoms with Crippen LogP contribution in [-0.4, -0.2) is 31.7 Å². The van der Waals surface area contributed by atoms with Gasteiger partial charge in [-0.2, -0.15) is 5.10 Å². The number of hydrogen-bond acceptors (Lipinski definition) is 5. The van der Waals surface area contributed by atoms with Gasteiger partial charge in [0.05, 0.1) is 27.9 Å². The van der Waals surface area contributed by atoms with E-state index in [-0.39, 0.29) is 11.3 Å². The molecule has 0 bridgehead atoms. The third-order valence-corrected chi connectivity index (χ3v) is 4.72. The number of phenols is 1. The fourth-order valence-electron chi connectivity index (χ4n) is 3.29. The van der Waals surface area contributed by atoms with Crippen molar-refractivity contribution in [2.75, 3.05) is 0 Å². The smallest absolute Gasteiger partial charge is 0.273 e. The van der Waals surface area contributed by atoms with E-state index in [0.717, 1.165) is 5.56 Å². The standard InChI is InChI=1S/C22H19N5O3/c1-13-19-16(22(30)25-24-21(29)15-10-6-7-11-18(15)28)12-17(14-8-4-3-5-9-14)23-20(19)27(2)26-13/h3-12,28H,1-2H3,(H,24,29)(H,25,30). The van der Waals surface area contributed by atoms with E-state index in [9.17, 15) is 14.7 Å². The van der Waals surface area contributed by atoms with E-state index < -0.39 is 11.8 Å². The number of hydrazine groups is 1. The number of carbonyl (C=O) groups is 2. The Kier molecular flexibility index (Phi) is 4.89. The summed E-state index contributed by atoms with van der Waals surface area (Å²) >= 11 is 0. The Morgan fingerprint density at radius 3 is 2.27 bits per heavy atom. The number of aromatic hydroxyl groups is 1. The highest BCUT2D eigenvalue weighted by Gasteiger charge is 2.20. The summed E-state index contributed by atoms with van der Waals surface area (Å²) in [7, 11) is 1.76. The van der Waals surface area contributed by atoms with Crippen molar-refractivity contribution in [3.63, 3.8) is 0 Å². The van der Waals surface area contributed by atoms with E-state index in [1.54, 1.807) is 36.9 Å². The van der Waals surface area contributed by atoms with Gasteiger partial charge in [0.2, 0.25) is 0 Å². The largest absolute Gasteiger partial charge is 0.507 e. The summed E-state index contributed by atoms with van der Waals surface area (Å²) in [5.41, 5.74) is 7.83. The number of aryl methyl sites for hydroxylation is 2. The zero-order chi connectivity index (χ0) is 21.3.